The van der Waals surface area contributed by atoms with Crippen molar-refractivity contribution in [3.63, 3.8) is 0 Å². The Kier molecular flexibility index (Phi) is 3.87. The van der Waals surface area contributed by atoms with Crippen LogP contribution in [0.4, 0.5) is 0 Å². The van der Waals surface area contributed by atoms with E-state index in [0.29, 0.717) is 36.1 Å². The van der Waals surface area contributed by atoms with Gasteiger partial charge in [-0.05, 0) is 38.3 Å². The highest BCUT2D eigenvalue weighted by Crippen LogP contribution is 2.28. The maximum absolute atomic E-state index is 12.6. The van der Waals surface area contributed by atoms with Crippen LogP contribution in [0.15, 0.2) is 27.5 Å². The number of rotatable bonds is 3. The third-order valence-corrected chi connectivity index (χ3v) is 4.55. The zero-order valence-electron chi connectivity index (χ0n) is 14.2. The van der Waals surface area contributed by atoms with Crippen molar-refractivity contribution in [2.45, 2.75) is 32.6 Å². The molecule has 0 aliphatic carbocycles. The standard InChI is InChI=1S/C17H19N5O3/c1-10-6-14(18-7-10)15-20-16(25-21-15)12-4-3-5-22(9-12)17(23)13-8-19-24-11(13)2/h6-8,12,18H,3-5,9H2,1-2H3. The Morgan fingerprint density at radius 1 is 1.36 bits per heavy atom. The van der Waals surface area contributed by atoms with Gasteiger partial charge in [0.05, 0.1) is 17.8 Å². The van der Waals surface area contributed by atoms with E-state index in [1.54, 1.807) is 11.8 Å². The number of aromatic nitrogens is 4. The van der Waals surface area contributed by atoms with Crippen LogP contribution in [0.25, 0.3) is 11.5 Å². The molecule has 1 atom stereocenters. The Hall–Kier alpha value is -2.90. The fraction of sp³-hybridized carbons (Fsp3) is 0.412. The molecule has 1 amide bonds. The first-order valence-electron chi connectivity index (χ1n) is 8.31. The number of H-pyrrole nitrogens is 1. The number of carbonyl (C=O) groups is 1. The van der Waals surface area contributed by atoms with Crippen molar-refractivity contribution in [1.29, 1.82) is 0 Å². The van der Waals surface area contributed by atoms with E-state index >= 15 is 0 Å². The van der Waals surface area contributed by atoms with Crippen LogP contribution in [0.3, 0.4) is 0 Å². The zero-order valence-corrected chi connectivity index (χ0v) is 14.2. The molecule has 8 heteroatoms. The number of piperidine rings is 1. The summed E-state index contributed by atoms with van der Waals surface area (Å²) in [4.78, 5) is 22.1. The van der Waals surface area contributed by atoms with E-state index in [1.165, 1.54) is 6.20 Å². The summed E-state index contributed by atoms with van der Waals surface area (Å²) in [5.41, 5.74) is 2.45. The lowest BCUT2D eigenvalue weighted by atomic mass is 9.97. The fourth-order valence-corrected chi connectivity index (χ4v) is 3.18. The summed E-state index contributed by atoms with van der Waals surface area (Å²) in [7, 11) is 0. The monoisotopic (exact) mass is 341 g/mol. The first-order valence-corrected chi connectivity index (χ1v) is 8.31. The van der Waals surface area contributed by atoms with E-state index in [1.807, 2.05) is 19.2 Å². The normalized spacial score (nSPS) is 17.8. The lowest BCUT2D eigenvalue weighted by Gasteiger charge is -2.30. The molecule has 0 saturated carbocycles. The van der Waals surface area contributed by atoms with Crippen LogP contribution in [-0.2, 0) is 0 Å². The number of hydrogen-bond acceptors (Lipinski definition) is 6. The molecule has 0 bridgehead atoms. The van der Waals surface area contributed by atoms with Gasteiger partial charge in [0.15, 0.2) is 0 Å². The molecule has 25 heavy (non-hydrogen) atoms. The van der Waals surface area contributed by atoms with E-state index in [0.717, 1.165) is 24.1 Å². The topological polar surface area (TPSA) is 101 Å². The highest BCUT2D eigenvalue weighted by Gasteiger charge is 2.30. The number of aryl methyl sites for hydroxylation is 2. The molecule has 1 aliphatic rings. The maximum atomic E-state index is 12.6. The van der Waals surface area contributed by atoms with Crippen molar-refractivity contribution in [3.8, 4) is 11.5 Å². The number of amides is 1. The zero-order chi connectivity index (χ0) is 17.4. The second-order valence-electron chi connectivity index (χ2n) is 6.43. The van der Waals surface area contributed by atoms with Crippen LogP contribution in [0.1, 0.15) is 46.3 Å². The molecule has 1 unspecified atom stereocenters. The van der Waals surface area contributed by atoms with E-state index in [9.17, 15) is 4.79 Å². The predicted octanol–water partition coefficient (Wildman–Crippen LogP) is 2.69. The first kappa shape index (κ1) is 15.6. The fourth-order valence-electron chi connectivity index (χ4n) is 3.18. The van der Waals surface area contributed by atoms with Crippen LogP contribution in [0.5, 0.6) is 0 Å². The molecule has 4 heterocycles. The third kappa shape index (κ3) is 2.95. The molecule has 130 valence electrons. The molecule has 3 aromatic heterocycles. The van der Waals surface area contributed by atoms with Crippen LogP contribution in [0.2, 0.25) is 0 Å². The number of aromatic amines is 1. The van der Waals surface area contributed by atoms with Gasteiger partial charge in [0.1, 0.15) is 11.3 Å². The molecule has 1 saturated heterocycles. The molecular weight excluding hydrogens is 322 g/mol. The van der Waals surface area contributed by atoms with E-state index in [-0.39, 0.29) is 11.8 Å². The van der Waals surface area contributed by atoms with Gasteiger partial charge in [-0.1, -0.05) is 10.3 Å². The van der Waals surface area contributed by atoms with Crippen molar-refractivity contribution in [1.82, 2.24) is 25.2 Å². The Morgan fingerprint density at radius 3 is 2.96 bits per heavy atom. The number of nitrogens with zero attached hydrogens (tertiary/aromatic N) is 4. The third-order valence-electron chi connectivity index (χ3n) is 4.55. The average molecular weight is 341 g/mol. The Morgan fingerprint density at radius 2 is 2.24 bits per heavy atom. The SMILES string of the molecule is Cc1c[nH]c(-c2noc(C3CCCN(C(=O)c4cnoc4C)C3)n2)c1. The van der Waals surface area contributed by atoms with Gasteiger partial charge in [0.2, 0.25) is 11.7 Å². The summed E-state index contributed by atoms with van der Waals surface area (Å²) in [5, 5.41) is 7.75. The van der Waals surface area contributed by atoms with Crippen molar-refractivity contribution in [3.05, 3.63) is 41.2 Å². The number of nitrogens with one attached hydrogen (secondary N) is 1. The van der Waals surface area contributed by atoms with Gasteiger partial charge in [0, 0.05) is 19.3 Å². The first-order chi connectivity index (χ1) is 12.1. The lowest BCUT2D eigenvalue weighted by molar-refractivity contribution is 0.0694. The van der Waals surface area contributed by atoms with Crippen LogP contribution >= 0.6 is 0 Å². The van der Waals surface area contributed by atoms with Crippen LogP contribution in [0, 0.1) is 13.8 Å². The number of carbonyl (C=O) groups excluding carboxylic acids is 1. The summed E-state index contributed by atoms with van der Waals surface area (Å²) in [5.74, 6) is 1.62. The molecule has 0 radical (unpaired) electrons. The van der Waals surface area contributed by atoms with Gasteiger partial charge in [-0.25, -0.2) is 0 Å². The van der Waals surface area contributed by atoms with Gasteiger partial charge >= 0.3 is 0 Å². The van der Waals surface area contributed by atoms with Crippen molar-refractivity contribution in [2.24, 2.45) is 0 Å². The predicted molar refractivity (Wildman–Crippen MR) is 87.9 cm³/mol. The lowest BCUT2D eigenvalue weighted by Crippen LogP contribution is -2.39. The van der Waals surface area contributed by atoms with Crippen molar-refractivity contribution < 1.29 is 13.8 Å². The Labute approximate surface area is 144 Å². The molecule has 0 spiro atoms. The summed E-state index contributed by atoms with van der Waals surface area (Å²) in [6, 6.07) is 1.97. The molecular formula is C17H19N5O3. The largest absolute Gasteiger partial charge is 0.361 e. The summed E-state index contributed by atoms with van der Waals surface area (Å²) in [6.45, 7) is 4.99. The molecule has 3 aromatic rings. The second-order valence-corrected chi connectivity index (χ2v) is 6.43. The Balaban J connectivity index is 1.51. The minimum absolute atomic E-state index is 0.0372. The number of likely N-dealkylation sites (tertiary alicyclic amines) is 1. The molecule has 4 rings (SSSR count). The van der Waals surface area contributed by atoms with E-state index in [4.69, 9.17) is 9.05 Å². The summed E-state index contributed by atoms with van der Waals surface area (Å²) in [6.07, 6.45) is 5.17. The molecule has 8 nitrogen and oxygen atoms in total. The molecule has 0 aromatic carbocycles. The molecule has 1 aliphatic heterocycles. The second kappa shape index (κ2) is 6.19. The summed E-state index contributed by atoms with van der Waals surface area (Å²) >= 11 is 0. The van der Waals surface area contributed by atoms with Crippen molar-refractivity contribution in [2.75, 3.05) is 13.1 Å². The highest BCUT2D eigenvalue weighted by atomic mass is 16.5. The quantitative estimate of drug-likeness (QED) is 0.786. The highest BCUT2D eigenvalue weighted by molar-refractivity contribution is 5.94. The van der Waals surface area contributed by atoms with Crippen LogP contribution in [-0.4, -0.2) is 44.2 Å². The average Bonchev–Trinajstić information content (AvgIpc) is 3.35. The van der Waals surface area contributed by atoms with Gasteiger partial charge in [0.25, 0.3) is 5.91 Å². The van der Waals surface area contributed by atoms with Crippen LogP contribution < -0.4 is 0 Å². The van der Waals surface area contributed by atoms with Gasteiger partial charge in [-0.15, -0.1) is 0 Å². The van der Waals surface area contributed by atoms with E-state index < -0.39 is 0 Å². The Bertz CT molecular complexity index is 894. The minimum atomic E-state index is -0.0665. The van der Waals surface area contributed by atoms with E-state index in [2.05, 4.69) is 20.3 Å². The van der Waals surface area contributed by atoms with Crippen molar-refractivity contribution >= 4 is 5.91 Å². The smallest absolute Gasteiger partial charge is 0.259 e. The summed E-state index contributed by atoms with van der Waals surface area (Å²) < 4.78 is 10.5. The molecule has 1 N–H and O–H groups in total. The molecule has 1 fully saturated rings. The van der Waals surface area contributed by atoms with Gasteiger partial charge in [-0.3, -0.25) is 4.79 Å². The maximum Gasteiger partial charge on any atom is 0.259 e. The minimum Gasteiger partial charge on any atom is -0.361 e. The van der Waals surface area contributed by atoms with Gasteiger partial charge in [-0.2, -0.15) is 4.98 Å². The number of hydrogen-bond donors (Lipinski definition) is 1. The van der Waals surface area contributed by atoms with Gasteiger partial charge < -0.3 is 18.9 Å².